The lowest BCUT2D eigenvalue weighted by atomic mass is 10.3. The van der Waals surface area contributed by atoms with Crippen molar-refractivity contribution >= 4 is 21.8 Å². The molecule has 1 N–H and O–H groups in total. The minimum Gasteiger partial charge on any atom is -0.494 e. The van der Waals surface area contributed by atoms with Crippen molar-refractivity contribution in [1.29, 1.82) is 0 Å². The zero-order valence-electron chi connectivity index (χ0n) is 12.3. The Morgan fingerprint density at radius 2 is 1.95 bits per heavy atom. The molecular formula is C15H18BrN3O3. The summed E-state index contributed by atoms with van der Waals surface area (Å²) in [6, 6.07) is 7.39. The second kappa shape index (κ2) is 8.43. The Labute approximate surface area is 137 Å². The van der Waals surface area contributed by atoms with Gasteiger partial charge in [0.05, 0.1) is 23.8 Å². The van der Waals surface area contributed by atoms with Gasteiger partial charge in [-0.15, -0.1) is 0 Å². The van der Waals surface area contributed by atoms with Crippen LogP contribution in [0.1, 0.15) is 6.92 Å². The lowest BCUT2D eigenvalue weighted by molar-refractivity contribution is -0.121. The van der Waals surface area contributed by atoms with Crippen molar-refractivity contribution in [3.8, 4) is 11.5 Å². The second-order valence-corrected chi connectivity index (χ2v) is 5.37. The quantitative estimate of drug-likeness (QED) is 0.726. The van der Waals surface area contributed by atoms with E-state index in [-0.39, 0.29) is 12.5 Å². The Morgan fingerprint density at radius 1 is 1.27 bits per heavy atom. The number of benzene rings is 1. The monoisotopic (exact) mass is 367 g/mol. The van der Waals surface area contributed by atoms with Crippen LogP contribution >= 0.6 is 15.9 Å². The number of halogens is 1. The summed E-state index contributed by atoms with van der Waals surface area (Å²) < 4.78 is 13.3. The van der Waals surface area contributed by atoms with Gasteiger partial charge < -0.3 is 14.8 Å². The van der Waals surface area contributed by atoms with Gasteiger partial charge in [0.1, 0.15) is 24.7 Å². The topological polar surface area (TPSA) is 65.4 Å². The Balaban J connectivity index is 1.65. The third kappa shape index (κ3) is 5.40. The van der Waals surface area contributed by atoms with Gasteiger partial charge in [0.15, 0.2) is 0 Å². The lowest BCUT2D eigenvalue weighted by Gasteiger charge is -2.09. The van der Waals surface area contributed by atoms with E-state index >= 15 is 0 Å². The summed E-state index contributed by atoms with van der Waals surface area (Å²) in [6.07, 6.45) is 3.39. The number of carbonyl (C=O) groups excluding carboxylic acids is 1. The van der Waals surface area contributed by atoms with E-state index in [0.717, 1.165) is 16.0 Å². The Bertz CT molecular complexity index is 598. The van der Waals surface area contributed by atoms with Gasteiger partial charge in [-0.05, 0) is 47.1 Å². The maximum absolute atomic E-state index is 11.7. The average Bonchev–Trinajstić information content (AvgIpc) is 2.91. The SMILES string of the molecule is CCOc1ccc(OCCNC(=O)Cn2cc(Br)cn2)cc1. The van der Waals surface area contributed by atoms with Gasteiger partial charge in [0, 0.05) is 6.20 Å². The minimum absolute atomic E-state index is 0.106. The van der Waals surface area contributed by atoms with Crippen LogP contribution in [0.4, 0.5) is 0 Å². The van der Waals surface area contributed by atoms with Gasteiger partial charge in [-0.25, -0.2) is 0 Å². The molecular weight excluding hydrogens is 350 g/mol. The average molecular weight is 368 g/mol. The molecule has 2 aromatic rings. The van der Waals surface area contributed by atoms with Gasteiger partial charge in [-0.2, -0.15) is 5.10 Å². The predicted octanol–water partition coefficient (Wildman–Crippen LogP) is 2.24. The zero-order valence-corrected chi connectivity index (χ0v) is 13.9. The van der Waals surface area contributed by atoms with Crippen LogP contribution in [-0.2, 0) is 11.3 Å². The van der Waals surface area contributed by atoms with Gasteiger partial charge >= 0.3 is 0 Å². The highest BCUT2D eigenvalue weighted by Gasteiger charge is 2.03. The summed E-state index contributed by atoms with van der Waals surface area (Å²) >= 11 is 3.28. The molecule has 0 bridgehead atoms. The minimum atomic E-state index is -0.106. The van der Waals surface area contributed by atoms with E-state index in [2.05, 4.69) is 26.3 Å². The largest absolute Gasteiger partial charge is 0.494 e. The van der Waals surface area contributed by atoms with Crippen LogP contribution < -0.4 is 14.8 Å². The molecule has 0 spiro atoms. The van der Waals surface area contributed by atoms with Crippen molar-refractivity contribution in [2.45, 2.75) is 13.5 Å². The number of aromatic nitrogens is 2. The Kier molecular flexibility index (Phi) is 6.27. The molecule has 0 aliphatic heterocycles. The highest BCUT2D eigenvalue weighted by atomic mass is 79.9. The van der Waals surface area contributed by atoms with Crippen molar-refractivity contribution in [2.75, 3.05) is 19.8 Å². The molecule has 1 heterocycles. The number of carbonyl (C=O) groups is 1. The predicted molar refractivity (Wildman–Crippen MR) is 86.0 cm³/mol. The maximum Gasteiger partial charge on any atom is 0.241 e. The number of rotatable bonds is 8. The fraction of sp³-hybridized carbons (Fsp3) is 0.333. The molecule has 1 aromatic carbocycles. The highest BCUT2D eigenvalue weighted by Crippen LogP contribution is 2.17. The van der Waals surface area contributed by atoms with Crippen LogP contribution in [0.3, 0.4) is 0 Å². The number of hydrogen-bond donors (Lipinski definition) is 1. The molecule has 7 heteroatoms. The lowest BCUT2D eigenvalue weighted by Crippen LogP contribution is -2.31. The number of amides is 1. The number of nitrogens with zero attached hydrogens (tertiary/aromatic N) is 2. The fourth-order valence-electron chi connectivity index (χ4n) is 1.79. The van der Waals surface area contributed by atoms with Crippen molar-refractivity contribution in [3.63, 3.8) is 0 Å². The summed E-state index contributed by atoms with van der Waals surface area (Å²) in [4.78, 5) is 11.7. The smallest absolute Gasteiger partial charge is 0.241 e. The first-order chi connectivity index (χ1) is 10.7. The molecule has 118 valence electrons. The number of ether oxygens (including phenoxy) is 2. The van der Waals surface area contributed by atoms with Crippen LogP contribution in [-0.4, -0.2) is 35.4 Å². The molecule has 0 saturated carbocycles. The highest BCUT2D eigenvalue weighted by molar-refractivity contribution is 9.10. The summed E-state index contributed by atoms with van der Waals surface area (Å²) in [6.45, 7) is 3.61. The van der Waals surface area contributed by atoms with E-state index in [1.807, 2.05) is 31.2 Å². The Morgan fingerprint density at radius 3 is 2.55 bits per heavy atom. The van der Waals surface area contributed by atoms with Crippen LogP contribution in [0.15, 0.2) is 41.1 Å². The number of hydrogen-bond acceptors (Lipinski definition) is 4. The molecule has 0 aliphatic rings. The molecule has 1 amide bonds. The van der Waals surface area contributed by atoms with Gasteiger partial charge in [-0.3, -0.25) is 9.48 Å². The summed E-state index contributed by atoms with van der Waals surface area (Å²) in [5.41, 5.74) is 0. The summed E-state index contributed by atoms with van der Waals surface area (Å²) in [7, 11) is 0. The molecule has 22 heavy (non-hydrogen) atoms. The van der Waals surface area contributed by atoms with Crippen LogP contribution in [0.25, 0.3) is 0 Å². The van der Waals surface area contributed by atoms with E-state index in [1.165, 1.54) is 0 Å². The maximum atomic E-state index is 11.7. The van der Waals surface area contributed by atoms with E-state index in [1.54, 1.807) is 17.1 Å². The first kappa shape index (κ1) is 16.4. The third-order valence-corrected chi connectivity index (χ3v) is 3.14. The normalized spacial score (nSPS) is 10.3. The molecule has 0 atom stereocenters. The molecule has 1 aromatic heterocycles. The molecule has 0 radical (unpaired) electrons. The van der Waals surface area contributed by atoms with E-state index in [9.17, 15) is 4.79 Å². The second-order valence-electron chi connectivity index (χ2n) is 4.46. The molecule has 0 fully saturated rings. The van der Waals surface area contributed by atoms with Crippen molar-refractivity contribution < 1.29 is 14.3 Å². The standard InChI is InChI=1S/C15H18BrN3O3/c1-2-21-13-3-5-14(6-4-13)22-8-7-17-15(20)11-19-10-12(16)9-18-19/h3-6,9-10H,2,7-8,11H2,1H3,(H,17,20). The fourth-order valence-corrected chi connectivity index (χ4v) is 2.11. The van der Waals surface area contributed by atoms with E-state index in [4.69, 9.17) is 9.47 Å². The van der Waals surface area contributed by atoms with Gasteiger partial charge in [0.25, 0.3) is 0 Å². The molecule has 0 saturated heterocycles. The summed E-state index contributed by atoms with van der Waals surface area (Å²) in [5.74, 6) is 1.45. The third-order valence-electron chi connectivity index (χ3n) is 2.74. The molecule has 0 aliphatic carbocycles. The van der Waals surface area contributed by atoms with Crippen LogP contribution in [0.5, 0.6) is 11.5 Å². The van der Waals surface area contributed by atoms with Crippen molar-refractivity contribution in [1.82, 2.24) is 15.1 Å². The zero-order chi connectivity index (χ0) is 15.8. The van der Waals surface area contributed by atoms with Crippen molar-refractivity contribution in [2.24, 2.45) is 0 Å². The van der Waals surface area contributed by atoms with Crippen LogP contribution in [0, 0.1) is 0 Å². The molecule has 2 rings (SSSR count). The molecule has 6 nitrogen and oxygen atoms in total. The number of nitrogens with one attached hydrogen (secondary N) is 1. The van der Waals surface area contributed by atoms with E-state index in [0.29, 0.717) is 19.8 Å². The van der Waals surface area contributed by atoms with Gasteiger partial charge in [0.2, 0.25) is 5.91 Å². The van der Waals surface area contributed by atoms with E-state index < -0.39 is 0 Å². The molecule has 0 unspecified atom stereocenters. The van der Waals surface area contributed by atoms with Crippen LogP contribution in [0.2, 0.25) is 0 Å². The Hall–Kier alpha value is -2.02. The summed E-state index contributed by atoms with van der Waals surface area (Å²) in [5, 5.41) is 6.80. The first-order valence-corrected chi connectivity index (χ1v) is 7.77. The first-order valence-electron chi connectivity index (χ1n) is 6.97. The van der Waals surface area contributed by atoms with Crippen molar-refractivity contribution in [3.05, 3.63) is 41.1 Å². The van der Waals surface area contributed by atoms with Gasteiger partial charge in [-0.1, -0.05) is 0 Å².